The largest absolute Gasteiger partial charge is 0.309 e. The van der Waals surface area contributed by atoms with Crippen molar-refractivity contribution in [1.82, 2.24) is 47.8 Å². The van der Waals surface area contributed by atoms with E-state index in [1.54, 1.807) is 35.1 Å². The summed E-state index contributed by atoms with van der Waals surface area (Å²) in [7, 11) is 0. The zero-order valence-electron chi connectivity index (χ0n) is 53.0. The maximum absolute atomic E-state index is 5.05. The van der Waals surface area contributed by atoms with Gasteiger partial charge in [-0.3, -0.25) is 19.1 Å². The number of hydrogen-bond donors (Lipinski definition) is 0. The van der Waals surface area contributed by atoms with Crippen molar-refractivity contribution < 1.29 is 0 Å². The minimum atomic E-state index is 0.782. The molecule has 0 unspecified atom stereocenters. The van der Waals surface area contributed by atoms with Crippen LogP contribution in [0.5, 0.6) is 0 Å². The molecule has 21 aromatic rings. The number of para-hydroxylation sites is 8. The van der Waals surface area contributed by atoms with E-state index in [2.05, 4.69) is 300 Å². The Hall–Kier alpha value is -12.9. The number of fused-ring (bicyclic) bond motifs is 15. The number of aromatic nitrogens is 10. The normalized spacial score (nSPS) is 11.8. The number of nitrogens with zero attached hydrogens (tertiary/aromatic N) is 10. The Bertz CT molecular complexity index is 6620. The highest BCUT2D eigenvalue weighted by molar-refractivity contribution is 7.17. The van der Waals surface area contributed by atoms with E-state index in [0.717, 1.165) is 82.0 Å². The predicted octanol–water partition coefficient (Wildman–Crippen LogP) is 22.6. The molecule has 0 saturated heterocycles. The molecule has 464 valence electrons. The first-order valence-corrected chi connectivity index (χ1v) is 34.7. The van der Waals surface area contributed by atoms with Crippen LogP contribution in [-0.4, -0.2) is 47.8 Å². The second-order valence-corrected chi connectivity index (χ2v) is 26.9. The van der Waals surface area contributed by atoms with Crippen molar-refractivity contribution >= 4 is 132 Å². The first kappa shape index (κ1) is 56.5. The molecule has 10 heterocycles. The Morgan fingerprint density at radius 1 is 0.212 bits per heavy atom. The van der Waals surface area contributed by atoms with Gasteiger partial charge in [-0.05, 0) is 133 Å². The van der Waals surface area contributed by atoms with Crippen molar-refractivity contribution in [2.45, 2.75) is 0 Å². The molecular weight excluding hydrogens is 1250 g/mol. The van der Waals surface area contributed by atoms with Gasteiger partial charge in [0.05, 0.1) is 90.3 Å². The molecule has 0 bridgehead atoms. The number of thiazole rings is 2. The zero-order chi connectivity index (χ0) is 65.1. The van der Waals surface area contributed by atoms with Crippen LogP contribution in [-0.2, 0) is 0 Å². The van der Waals surface area contributed by atoms with Crippen LogP contribution in [0.1, 0.15) is 0 Å². The second-order valence-electron chi connectivity index (χ2n) is 24.8. The van der Waals surface area contributed by atoms with Crippen molar-refractivity contribution in [3.05, 3.63) is 328 Å². The van der Waals surface area contributed by atoms with Gasteiger partial charge in [-0.1, -0.05) is 193 Å². The van der Waals surface area contributed by atoms with Gasteiger partial charge in [0.15, 0.2) is 0 Å². The van der Waals surface area contributed by atoms with Gasteiger partial charge in [0.2, 0.25) is 0 Å². The molecule has 0 aliphatic rings. The molecule has 12 heteroatoms. The summed E-state index contributed by atoms with van der Waals surface area (Å²) >= 11 is 3.40. The van der Waals surface area contributed by atoms with Crippen LogP contribution in [0.25, 0.3) is 180 Å². The quantitative estimate of drug-likeness (QED) is 0.144. The third-order valence-corrected chi connectivity index (χ3v) is 21.3. The van der Waals surface area contributed by atoms with Gasteiger partial charge in [0, 0.05) is 94.4 Å². The molecule has 99 heavy (non-hydrogen) atoms. The Labute approximate surface area is 574 Å². The van der Waals surface area contributed by atoms with Gasteiger partial charge in [-0.15, -0.1) is 0 Å². The van der Waals surface area contributed by atoms with E-state index >= 15 is 0 Å². The summed E-state index contributed by atoms with van der Waals surface area (Å²) in [6, 6.07) is 108. The van der Waals surface area contributed by atoms with E-state index in [9.17, 15) is 0 Å². The Morgan fingerprint density at radius 2 is 0.556 bits per heavy atom. The lowest BCUT2D eigenvalue weighted by molar-refractivity contribution is 1.17. The van der Waals surface area contributed by atoms with Gasteiger partial charge in [-0.25, -0.2) is 15.0 Å². The SMILES string of the molecule is c1ccc(-n2c3ccccc3c3cc4c(cc32)c2ccccc2n4-c2cnc(-c3cc(-c4ccccn4)nc(-c4ccccn4)c3)s2)cc1.c1ccc(-n2c3ccccc3c3cc4c5ccccc5n(-c5cnc(-c6cccc(-n7c8ccccc8c8ccccc87)c6)s5)c4cc32)cc1. The van der Waals surface area contributed by atoms with Gasteiger partial charge in [0.25, 0.3) is 0 Å². The van der Waals surface area contributed by atoms with Crippen LogP contribution in [0.2, 0.25) is 0 Å². The van der Waals surface area contributed by atoms with E-state index in [0.29, 0.717) is 0 Å². The highest BCUT2D eigenvalue weighted by Crippen LogP contribution is 2.45. The summed E-state index contributed by atoms with van der Waals surface area (Å²) in [5.41, 5.74) is 20.5. The highest BCUT2D eigenvalue weighted by Gasteiger charge is 2.24. The smallest absolute Gasteiger partial charge is 0.125 e. The molecule has 0 amide bonds. The molecule has 0 spiro atoms. The highest BCUT2D eigenvalue weighted by atomic mass is 32.1. The molecule has 0 N–H and O–H groups in total. The van der Waals surface area contributed by atoms with Crippen LogP contribution < -0.4 is 0 Å². The summed E-state index contributed by atoms with van der Waals surface area (Å²) in [5.74, 6) is 0. The molecular formula is C87H54N10S2. The molecule has 0 saturated carbocycles. The van der Waals surface area contributed by atoms with Gasteiger partial charge in [0.1, 0.15) is 20.0 Å². The molecule has 21 rings (SSSR count). The van der Waals surface area contributed by atoms with E-state index < -0.39 is 0 Å². The number of rotatable bonds is 9. The molecule has 0 fully saturated rings. The molecule has 0 aliphatic heterocycles. The first-order chi connectivity index (χ1) is 49.1. The van der Waals surface area contributed by atoms with Crippen molar-refractivity contribution in [2.75, 3.05) is 0 Å². The summed E-state index contributed by atoms with van der Waals surface area (Å²) in [4.78, 5) is 24.2. The molecule has 0 atom stereocenters. The van der Waals surface area contributed by atoms with Gasteiger partial charge in [-0.2, -0.15) is 0 Å². The monoisotopic (exact) mass is 1300 g/mol. The molecule has 0 aliphatic carbocycles. The third kappa shape index (κ3) is 9.18. The number of pyridine rings is 3. The summed E-state index contributed by atoms with van der Waals surface area (Å²) in [6.07, 6.45) is 7.62. The summed E-state index contributed by atoms with van der Waals surface area (Å²) in [5, 5.41) is 16.4. The summed E-state index contributed by atoms with van der Waals surface area (Å²) < 4.78 is 11.9. The first-order valence-electron chi connectivity index (χ1n) is 33.0. The molecule has 10 aromatic heterocycles. The van der Waals surface area contributed by atoms with Gasteiger partial charge < -0.3 is 13.7 Å². The maximum atomic E-state index is 5.05. The molecule has 11 aromatic carbocycles. The maximum Gasteiger partial charge on any atom is 0.125 e. The van der Waals surface area contributed by atoms with Gasteiger partial charge >= 0.3 is 0 Å². The van der Waals surface area contributed by atoms with Crippen LogP contribution in [0, 0.1) is 0 Å². The average Bonchev–Trinajstić information content (AvgIpc) is 1.57. The van der Waals surface area contributed by atoms with E-state index in [1.165, 1.54) is 98.0 Å². The molecule has 0 radical (unpaired) electrons. The van der Waals surface area contributed by atoms with Crippen LogP contribution in [0.15, 0.2) is 328 Å². The lowest BCUT2D eigenvalue weighted by atomic mass is 10.1. The van der Waals surface area contributed by atoms with E-state index in [4.69, 9.17) is 15.0 Å². The number of benzene rings is 11. The van der Waals surface area contributed by atoms with Crippen molar-refractivity contribution in [3.63, 3.8) is 0 Å². The van der Waals surface area contributed by atoms with Crippen LogP contribution >= 0.6 is 22.7 Å². The number of hydrogen-bond acceptors (Lipinski definition) is 7. The predicted molar refractivity (Wildman–Crippen MR) is 411 cm³/mol. The van der Waals surface area contributed by atoms with Crippen molar-refractivity contribution in [3.8, 4) is 71.0 Å². The fraction of sp³-hybridized carbons (Fsp3) is 0. The third-order valence-electron chi connectivity index (χ3n) is 19.2. The second kappa shape index (κ2) is 22.9. The standard InChI is InChI=1S/C45H28N4S.C42H26N6S/c1-2-14-30(15-3-1)47-40-23-10-6-19-34(40)36-26-37-35-20-7-11-24-41(35)49(43(37)27-42(36)47)44-28-46-45(50-44)29-13-12-16-31(25-29)48-38-21-8-4-17-32(38)33-18-5-9-22-39(33)48;1-2-12-28(13-3-1)47-37-18-6-4-14-29(37)31-25-40-32(24-39(31)47)30-15-5-7-19-38(30)48(40)41-26-45-42(49-41)27-22-35(33-16-8-10-20-43-33)46-36(23-27)34-17-9-11-21-44-34/h1-28H;1-26H. The topological polar surface area (TPSA) is 89.1 Å². The molecule has 10 nitrogen and oxygen atoms in total. The lowest BCUT2D eigenvalue weighted by Gasteiger charge is -2.09. The zero-order valence-corrected chi connectivity index (χ0v) is 54.6. The van der Waals surface area contributed by atoms with Crippen molar-refractivity contribution in [1.29, 1.82) is 0 Å². The van der Waals surface area contributed by atoms with E-state index in [1.807, 2.05) is 48.8 Å². The van der Waals surface area contributed by atoms with Crippen molar-refractivity contribution in [2.24, 2.45) is 0 Å². The van der Waals surface area contributed by atoms with Crippen LogP contribution in [0.4, 0.5) is 0 Å². The lowest BCUT2D eigenvalue weighted by Crippen LogP contribution is -1.94. The fourth-order valence-electron chi connectivity index (χ4n) is 15.0. The minimum Gasteiger partial charge on any atom is -0.309 e. The summed E-state index contributed by atoms with van der Waals surface area (Å²) in [6.45, 7) is 0. The Balaban J connectivity index is 0.000000134. The average molecular weight is 1300 g/mol. The minimum absolute atomic E-state index is 0.782. The Kier molecular flexibility index (Phi) is 13.1. The van der Waals surface area contributed by atoms with E-state index in [-0.39, 0.29) is 0 Å². The van der Waals surface area contributed by atoms with Crippen LogP contribution in [0.3, 0.4) is 0 Å². The Morgan fingerprint density at radius 3 is 1.00 bits per heavy atom. The fourth-order valence-corrected chi connectivity index (χ4v) is 16.8.